The zero-order valence-corrected chi connectivity index (χ0v) is 12.9. The first-order chi connectivity index (χ1) is 10.0. The predicted octanol–water partition coefficient (Wildman–Crippen LogP) is 4.25. The molecule has 3 nitrogen and oxygen atoms in total. The molecule has 0 aromatic heterocycles. The maximum atomic E-state index is 13.4. The number of anilines is 1. The summed E-state index contributed by atoms with van der Waals surface area (Å²) in [6.07, 6.45) is 0. The number of hydrogen-bond acceptors (Lipinski definition) is 3. The number of nitrogens with two attached hydrogens (primary N) is 1. The summed E-state index contributed by atoms with van der Waals surface area (Å²) in [7, 11) is 1.42. The van der Waals surface area contributed by atoms with Crippen LogP contribution in [0.2, 0.25) is 10.0 Å². The Morgan fingerprint density at radius 3 is 2.57 bits per heavy atom. The average molecular weight is 329 g/mol. The largest absolute Gasteiger partial charge is 0.494 e. The summed E-state index contributed by atoms with van der Waals surface area (Å²) in [6.45, 7) is 0.345. The second-order valence-corrected chi connectivity index (χ2v) is 5.27. The number of hydrogen-bond donors (Lipinski definition) is 2. The van der Waals surface area contributed by atoms with Gasteiger partial charge in [0.25, 0.3) is 0 Å². The molecule has 2 rings (SSSR count). The molecule has 6 heteroatoms. The zero-order chi connectivity index (χ0) is 15.4. The number of benzene rings is 2. The van der Waals surface area contributed by atoms with E-state index >= 15 is 0 Å². The van der Waals surface area contributed by atoms with Crippen molar-refractivity contribution < 1.29 is 9.13 Å². The number of rotatable bonds is 5. The number of halogens is 3. The molecule has 3 N–H and O–H groups in total. The van der Waals surface area contributed by atoms with Crippen LogP contribution >= 0.6 is 23.2 Å². The summed E-state index contributed by atoms with van der Waals surface area (Å²) in [4.78, 5) is 0. The number of methoxy groups -OCH3 is 1. The molecule has 0 aliphatic rings. The van der Waals surface area contributed by atoms with Crippen LogP contribution in [0, 0.1) is 5.82 Å². The maximum absolute atomic E-state index is 13.4. The molecule has 2 aromatic carbocycles. The molecule has 1 atom stereocenters. The Labute approximate surface area is 132 Å². The lowest BCUT2D eigenvalue weighted by Crippen LogP contribution is -2.20. The van der Waals surface area contributed by atoms with Crippen molar-refractivity contribution in [3.63, 3.8) is 0 Å². The summed E-state index contributed by atoms with van der Waals surface area (Å²) in [5, 5.41) is 4.17. The van der Waals surface area contributed by atoms with Crippen LogP contribution in [0.15, 0.2) is 36.4 Å². The van der Waals surface area contributed by atoms with E-state index in [1.165, 1.54) is 13.2 Å². The molecule has 0 saturated heterocycles. The van der Waals surface area contributed by atoms with Crippen LogP contribution in [-0.4, -0.2) is 13.7 Å². The van der Waals surface area contributed by atoms with Gasteiger partial charge in [0, 0.05) is 18.3 Å². The third kappa shape index (κ3) is 3.79. The summed E-state index contributed by atoms with van der Waals surface area (Å²) in [5.74, 6) is -0.244. The molecule has 0 radical (unpaired) electrons. The Kier molecular flexibility index (Phi) is 5.28. The molecule has 0 aliphatic carbocycles. The average Bonchev–Trinajstić information content (AvgIpc) is 2.49. The molecule has 0 fully saturated rings. The van der Waals surface area contributed by atoms with E-state index < -0.39 is 5.82 Å². The van der Waals surface area contributed by atoms with E-state index in [1.807, 2.05) is 6.07 Å². The van der Waals surface area contributed by atoms with Crippen LogP contribution in [0.3, 0.4) is 0 Å². The van der Waals surface area contributed by atoms with Crippen molar-refractivity contribution in [1.29, 1.82) is 0 Å². The van der Waals surface area contributed by atoms with Crippen molar-refractivity contribution in [2.24, 2.45) is 5.73 Å². The van der Waals surface area contributed by atoms with E-state index in [0.717, 1.165) is 5.56 Å². The standard InChI is InChI=1S/C15H15Cl2FN2O/c1-21-15-7-10(3-5-13(15)18)20-14(8-19)9-2-4-11(16)12(17)6-9/h2-7,14,20H,8,19H2,1H3. The molecule has 0 amide bonds. The molecule has 0 aliphatic heterocycles. The van der Waals surface area contributed by atoms with Crippen molar-refractivity contribution in [3.05, 3.63) is 57.8 Å². The van der Waals surface area contributed by atoms with Crippen LogP contribution in [0.4, 0.5) is 10.1 Å². The fraction of sp³-hybridized carbons (Fsp3) is 0.200. The van der Waals surface area contributed by atoms with Gasteiger partial charge in [0.2, 0.25) is 0 Å². The van der Waals surface area contributed by atoms with Gasteiger partial charge in [-0.05, 0) is 29.8 Å². The van der Waals surface area contributed by atoms with Gasteiger partial charge in [-0.1, -0.05) is 29.3 Å². The third-order valence-electron chi connectivity index (χ3n) is 3.07. The normalized spacial score (nSPS) is 12.0. The first-order valence-corrected chi connectivity index (χ1v) is 7.06. The van der Waals surface area contributed by atoms with Crippen LogP contribution < -0.4 is 15.8 Å². The van der Waals surface area contributed by atoms with Crippen LogP contribution in [0.1, 0.15) is 11.6 Å². The van der Waals surface area contributed by atoms with Gasteiger partial charge in [0.1, 0.15) is 0 Å². The fourth-order valence-electron chi connectivity index (χ4n) is 1.96. The van der Waals surface area contributed by atoms with Crippen molar-refractivity contribution >= 4 is 28.9 Å². The Balaban J connectivity index is 2.24. The van der Waals surface area contributed by atoms with E-state index in [9.17, 15) is 4.39 Å². The lowest BCUT2D eigenvalue weighted by atomic mass is 10.1. The topological polar surface area (TPSA) is 47.3 Å². The first kappa shape index (κ1) is 15.9. The van der Waals surface area contributed by atoms with Gasteiger partial charge in [-0.2, -0.15) is 0 Å². The van der Waals surface area contributed by atoms with Crippen molar-refractivity contribution in [3.8, 4) is 5.75 Å². The van der Waals surface area contributed by atoms with Gasteiger partial charge < -0.3 is 15.8 Å². The number of ether oxygens (including phenoxy) is 1. The van der Waals surface area contributed by atoms with Crippen LogP contribution in [0.25, 0.3) is 0 Å². The van der Waals surface area contributed by atoms with Gasteiger partial charge >= 0.3 is 0 Å². The highest BCUT2D eigenvalue weighted by atomic mass is 35.5. The first-order valence-electron chi connectivity index (χ1n) is 6.30. The molecule has 0 bridgehead atoms. The molecular weight excluding hydrogens is 314 g/mol. The molecule has 21 heavy (non-hydrogen) atoms. The molecule has 112 valence electrons. The van der Waals surface area contributed by atoms with Crippen molar-refractivity contribution in [2.75, 3.05) is 19.0 Å². The Morgan fingerprint density at radius 2 is 1.95 bits per heavy atom. The van der Waals surface area contributed by atoms with Gasteiger partial charge in [-0.3, -0.25) is 0 Å². The fourth-order valence-corrected chi connectivity index (χ4v) is 2.26. The Hall–Kier alpha value is -1.49. The minimum absolute atomic E-state index is 0.171. The summed E-state index contributed by atoms with van der Waals surface area (Å²) < 4.78 is 18.4. The highest BCUT2D eigenvalue weighted by Crippen LogP contribution is 2.28. The van der Waals surface area contributed by atoms with E-state index in [2.05, 4.69) is 5.32 Å². The van der Waals surface area contributed by atoms with Crippen molar-refractivity contribution in [1.82, 2.24) is 0 Å². The zero-order valence-electron chi connectivity index (χ0n) is 11.4. The molecular formula is C15H15Cl2FN2O. The summed E-state index contributed by atoms with van der Waals surface area (Å²) >= 11 is 11.9. The lowest BCUT2D eigenvalue weighted by molar-refractivity contribution is 0.386. The van der Waals surface area contributed by atoms with E-state index in [0.29, 0.717) is 22.3 Å². The minimum atomic E-state index is -0.415. The molecule has 0 spiro atoms. The SMILES string of the molecule is COc1cc(NC(CN)c2ccc(Cl)c(Cl)c2)ccc1F. The van der Waals surface area contributed by atoms with E-state index in [1.54, 1.807) is 24.3 Å². The Bertz CT molecular complexity index is 637. The lowest BCUT2D eigenvalue weighted by Gasteiger charge is -2.19. The summed E-state index contributed by atoms with van der Waals surface area (Å²) in [6, 6.07) is 9.69. The minimum Gasteiger partial charge on any atom is -0.494 e. The molecule has 2 aromatic rings. The Morgan fingerprint density at radius 1 is 1.19 bits per heavy atom. The second kappa shape index (κ2) is 6.98. The second-order valence-electron chi connectivity index (χ2n) is 4.46. The van der Waals surface area contributed by atoms with Crippen LogP contribution in [0.5, 0.6) is 5.75 Å². The molecule has 1 unspecified atom stereocenters. The monoisotopic (exact) mass is 328 g/mol. The maximum Gasteiger partial charge on any atom is 0.165 e. The van der Waals surface area contributed by atoms with Gasteiger partial charge in [0.05, 0.1) is 23.2 Å². The van der Waals surface area contributed by atoms with Gasteiger partial charge in [-0.25, -0.2) is 4.39 Å². The van der Waals surface area contributed by atoms with Crippen molar-refractivity contribution in [2.45, 2.75) is 6.04 Å². The highest BCUT2D eigenvalue weighted by molar-refractivity contribution is 6.42. The van der Waals surface area contributed by atoms with Crippen LogP contribution in [-0.2, 0) is 0 Å². The molecule has 0 heterocycles. The summed E-state index contributed by atoms with van der Waals surface area (Å²) in [5.41, 5.74) is 7.40. The number of nitrogens with one attached hydrogen (secondary N) is 1. The van der Waals surface area contributed by atoms with E-state index in [4.69, 9.17) is 33.7 Å². The van der Waals surface area contributed by atoms with Gasteiger partial charge in [0.15, 0.2) is 11.6 Å². The quantitative estimate of drug-likeness (QED) is 0.862. The third-order valence-corrected chi connectivity index (χ3v) is 3.81. The smallest absolute Gasteiger partial charge is 0.165 e. The predicted molar refractivity (Wildman–Crippen MR) is 84.8 cm³/mol. The molecule has 0 saturated carbocycles. The van der Waals surface area contributed by atoms with E-state index in [-0.39, 0.29) is 11.8 Å². The highest BCUT2D eigenvalue weighted by Gasteiger charge is 2.12. The van der Waals surface area contributed by atoms with Gasteiger partial charge in [-0.15, -0.1) is 0 Å².